The highest BCUT2D eigenvalue weighted by Gasteiger charge is 2.26. The Hall–Kier alpha value is -1.40. The quantitative estimate of drug-likeness (QED) is 0.846. The summed E-state index contributed by atoms with van der Waals surface area (Å²) in [5.74, 6) is -0.141. The van der Waals surface area contributed by atoms with Gasteiger partial charge in [0.1, 0.15) is 5.00 Å². The molecule has 2 amide bonds. The van der Waals surface area contributed by atoms with Gasteiger partial charge in [-0.05, 0) is 50.5 Å². The number of hydrogen-bond donors (Lipinski definition) is 2. The van der Waals surface area contributed by atoms with Gasteiger partial charge >= 0.3 is 0 Å². The zero-order valence-corrected chi connectivity index (χ0v) is 13.6. The number of hydrogen-bond acceptors (Lipinski definition) is 4. The Morgan fingerprint density at radius 2 is 2.14 bits per heavy atom. The van der Waals surface area contributed by atoms with Crippen molar-refractivity contribution in [2.75, 3.05) is 5.32 Å². The van der Waals surface area contributed by atoms with E-state index in [1.165, 1.54) is 11.3 Å². The summed E-state index contributed by atoms with van der Waals surface area (Å²) in [6.45, 7) is 2.07. The normalized spacial score (nSPS) is 24.2. The molecule has 1 saturated heterocycles. The number of rotatable bonds is 6. The second-order valence-corrected chi connectivity index (χ2v) is 7.06. The molecule has 3 rings (SSSR count). The van der Waals surface area contributed by atoms with Gasteiger partial charge in [0.2, 0.25) is 5.91 Å². The minimum Gasteiger partial charge on any atom is -0.375 e. The van der Waals surface area contributed by atoms with Crippen LogP contribution < -0.4 is 10.6 Å². The maximum absolute atomic E-state index is 12.1. The number of anilines is 1. The minimum absolute atomic E-state index is 0.0499. The third-order valence-corrected chi connectivity index (χ3v) is 4.92. The van der Waals surface area contributed by atoms with Crippen LogP contribution in [0.15, 0.2) is 11.4 Å². The molecule has 2 aliphatic rings. The van der Waals surface area contributed by atoms with Crippen LogP contribution in [-0.4, -0.2) is 30.1 Å². The Morgan fingerprint density at radius 1 is 1.32 bits per heavy atom. The maximum Gasteiger partial charge on any atom is 0.254 e. The first-order valence-electron chi connectivity index (χ1n) is 7.95. The van der Waals surface area contributed by atoms with E-state index in [-0.39, 0.29) is 17.9 Å². The molecular weight excluding hydrogens is 300 g/mol. The number of thiophene rings is 1. The van der Waals surface area contributed by atoms with Gasteiger partial charge in [-0.3, -0.25) is 9.59 Å². The van der Waals surface area contributed by atoms with E-state index in [0.29, 0.717) is 29.1 Å². The van der Waals surface area contributed by atoms with Crippen LogP contribution in [0.2, 0.25) is 0 Å². The smallest absolute Gasteiger partial charge is 0.254 e. The van der Waals surface area contributed by atoms with Crippen molar-refractivity contribution in [1.82, 2.24) is 5.32 Å². The van der Waals surface area contributed by atoms with Crippen molar-refractivity contribution in [2.45, 2.75) is 63.7 Å². The van der Waals surface area contributed by atoms with Crippen LogP contribution in [0.5, 0.6) is 0 Å². The van der Waals surface area contributed by atoms with Crippen molar-refractivity contribution in [3.8, 4) is 0 Å². The van der Waals surface area contributed by atoms with Gasteiger partial charge in [-0.1, -0.05) is 0 Å². The van der Waals surface area contributed by atoms with Gasteiger partial charge in [-0.15, -0.1) is 11.3 Å². The van der Waals surface area contributed by atoms with E-state index in [0.717, 1.165) is 32.1 Å². The monoisotopic (exact) mass is 322 g/mol. The van der Waals surface area contributed by atoms with Gasteiger partial charge in [0.15, 0.2) is 0 Å². The van der Waals surface area contributed by atoms with Crippen molar-refractivity contribution in [1.29, 1.82) is 0 Å². The van der Waals surface area contributed by atoms with Gasteiger partial charge in [0, 0.05) is 12.5 Å². The van der Waals surface area contributed by atoms with E-state index < -0.39 is 0 Å². The summed E-state index contributed by atoms with van der Waals surface area (Å²) in [5.41, 5.74) is 0.566. The lowest BCUT2D eigenvalue weighted by Crippen LogP contribution is -2.26. The summed E-state index contributed by atoms with van der Waals surface area (Å²) >= 11 is 1.39. The molecule has 1 aromatic rings. The number of ether oxygens (including phenoxy) is 1. The van der Waals surface area contributed by atoms with Gasteiger partial charge in [0.05, 0.1) is 17.8 Å². The molecule has 2 fully saturated rings. The van der Waals surface area contributed by atoms with Crippen molar-refractivity contribution in [3.63, 3.8) is 0 Å². The molecule has 1 aromatic heterocycles. The van der Waals surface area contributed by atoms with Crippen LogP contribution in [0.3, 0.4) is 0 Å². The molecule has 1 aliphatic heterocycles. The highest BCUT2D eigenvalue weighted by Crippen LogP contribution is 2.27. The largest absolute Gasteiger partial charge is 0.375 e. The first kappa shape index (κ1) is 15.5. The molecular formula is C16H22N2O3S. The van der Waals surface area contributed by atoms with E-state index in [1.807, 2.05) is 5.38 Å². The molecule has 2 heterocycles. The fourth-order valence-electron chi connectivity index (χ4n) is 2.65. The lowest BCUT2D eigenvalue weighted by atomic mass is 10.1. The third-order valence-electron chi connectivity index (χ3n) is 4.09. The Kier molecular flexibility index (Phi) is 4.78. The standard InChI is InChI=1S/C16H22N2O3S/c1-10-2-5-12(21-10)6-7-14(19)18-16-13(8-9-22-16)15(20)17-11-3-4-11/h8-12H,2-7H2,1H3,(H,17,20)(H,18,19)/t10-,12+/m1/s1. The van der Waals surface area contributed by atoms with Crippen LogP contribution in [0.4, 0.5) is 5.00 Å². The SMILES string of the molecule is C[C@@H]1CC[C@@H](CCC(=O)Nc2sccc2C(=O)NC2CC2)O1. The Balaban J connectivity index is 1.48. The first-order chi connectivity index (χ1) is 10.6. The molecule has 0 aromatic carbocycles. The molecule has 5 nitrogen and oxygen atoms in total. The summed E-state index contributed by atoms with van der Waals surface area (Å²) in [7, 11) is 0. The van der Waals surface area contributed by atoms with Gasteiger partial charge < -0.3 is 15.4 Å². The molecule has 2 N–H and O–H groups in total. The average Bonchev–Trinajstić information content (AvgIpc) is 3.00. The summed E-state index contributed by atoms with van der Waals surface area (Å²) in [4.78, 5) is 24.2. The van der Waals surface area contributed by atoms with E-state index in [4.69, 9.17) is 4.74 Å². The average molecular weight is 322 g/mol. The van der Waals surface area contributed by atoms with Crippen LogP contribution in [0.25, 0.3) is 0 Å². The summed E-state index contributed by atoms with van der Waals surface area (Å²) < 4.78 is 5.72. The summed E-state index contributed by atoms with van der Waals surface area (Å²) in [6, 6.07) is 2.08. The molecule has 6 heteroatoms. The van der Waals surface area contributed by atoms with E-state index in [2.05, 4.69) is 17.6 Å². The van der Waals surface area contributed by atoms with Gasteiger partial charge in [-0.25, -0.2) is 0 Å². The fourth-order valence-corrected chi connectivity index (χ4v) is 3.46. The molecule has 120 valence electrons. The van der Waals surface area contributed by atoms with Gasteiger partial charge in [-0.2, -0.15) is 0 Å². The van der Waals surface area contributed by atoms with Crippen molar-refractivity contribution >= 4 is 28.2 Å². The van der Waals surface area contributed by atoms with E-state index in [9.17, 15) is 9.59 Å². The lowest BCUT2D eigenvalue weighted by Gasteiger charge is -2.11. The molecule has 0 radical (unpaired) electrons. The lowest BCUT2D eigenvalue weighted by molar-refractivity contribution is -0.116. The van der Waals surface area contributed by atoms with Crippen molar-refractivity contribution in [2.24, 2.45) is 0 Å². The van der Waals surface area contributed by atoms with Crippen molar-refractivity contribution in [3.05, 3.63) is 17.0 Å². The van der Waals surface area contributed by atoms with Crippen LogP contribution in [0.1, 0.15) is 55.8 Å². The summed E-state index contributed by atoms with van der Waals surface area (Å²) in [6.07, 6.45) is 5.88. The molecule has 1 aliphatic carbocycles. The Bertz CT molecular complexity index is 553. The summed E-state index contributed by atoms with van der Waals surface area (Å²) in [5, 5.41) is 8.29. The molecule has 0 unspecified atom stereocenters. The van der Waals surface area contributed by atoms with Gasteiger partial charge in [0.25, 0.3) is 5.91 Å². The second-order valence-electron chi connectivity index (χ2n) is 6.14. The highest BCUT2D eigenvalue weighted by molar-refractivity contribution is 7.14. The number of amides is 2. The molecule has 0 bridgehead atoms. The second kappa shape index (κ2) is 6.79. The number of carbonyl (C=O) groups is 2. The third kappa shape index (κ3) is 4.08. The number of nitrogens with one attached hydrogen (secondary N) is 2. The number of carbonyl (C=O) groups excluding carboxylic acids is 2. The molecule has 0 spiro atoms. The fraction of sp³-hybridized carbons (Fsp3) is 0.625. The van der Waals surface area contributed by atoms with Crippen LogP contribution >= 0.6 is 11.3 Å². The predicted molar refractivity (Wildman–Crippen MR) is 86.2 cm³/mol. The zero-order chi connectivity index (χ0) is 15.5. The van der Waals surface area contributed by atoms with Crippen LogP contribution in [0, 0.1) is 0 Å². The Morgan fingerprint density at radius 3 is 2.82 bits per heavy atom. The maximum atomic E-state index is 12.1. The molecule has 1 saturated carbocycles. The topological polar surface area (TPSA) is 67.4 Å². The molecule has 22 heavy (non-hydrogen) atoms. The van der Waals surface area contributed by atoms with Crippen molar-refractivity contribution < 1.29 is 14.3 Å². The Labute approximate surface area is 134 Å². The van der Waals surface area contributed by atoms with E-state index >= 15 is 0 Å². The first-order valence-corrected chi connectivity index (χ1v) is 8.83. The zero-order valence-electron chi connectivity index (χ0n) is 12.8. The van der Waals surface area contributed by atoms with Crippen LogP contribution in [-0.2, 0) is 9.53 Å². The van der Waals surface area contributed by atoms with E-state index in [1.54, 1.807) is 6.07 Å². The molecule has 2 atom stereocenters. The minimum atomic E-state index is -0.0907. The predicted octanol–water partition coefficient (Wildman–Crippen LogP) is 2.93. The highest BCUT2D eigenvalue weighted by atomic mass is 32.1.